The standard InChI is InChI=1S/C11H20N4O2/c1-11(2)10(17)14-5-6-15(11)9(16)8-7-12-3-4-13-8/h8,12-13H,3-7H2,1-2H3,(H,14,17). The van der Waals surface area contributed by atoms with Crippen LogP contribution < -0.4 is 16.0 Å². The average molecular weight is 240 g/mol. The molecule has 0 saturated carbocycles. The zero-order chi connectivity index (χ0) is 12.5. The third-order valence-corrected chi connectivity index (χ3v) is 3.46. The van der Waals surface area contributed by atoms with E-state index in [4.69, 9.17) is 0 Å². The van der Waals surface area contributed by atoms with Gasteiger partial charge >= 0.3 is 0 Å². The van der Waals surface area contributed by atoms with E-state index in [2.05, 4.69) is 16.0 Å². The first-order valence-corrected chi connectivity index (χ1v) is 6.07. The van der Waals surface area contributed by atoms with E-state index in [1.165, 1.54) is 0 Å². The number of carbonyl (C=O) groups is 2. The highest BCUT2D eigenvalue weighted by molar-refractivity contribution is 5.93. The number of amides is 2. The van der Waals surface area contributed by atoms with Crippen LogP contribution in [0.2, 0.25) is 0 Å². The Kier molecular flexibility index (Phi) is 3.35. The van der Waals surface area contributed by atoms with Gasteiger partial charge in [-0.2, -0.15) is 0 Å². The first kappa shape index (κ1) is 12.3. The van der Waals surface area contributed by atoms with Gasteiger partial charge in [-0.1, -0.05) is 0 Å². The van der Waals surface area contributed by atoms with Crippen molar-refractivity contribution in [1.29, 1.82) is 0 Å². The normalized spacial score (nSPS) is 28.7. The van der Waals surface area contributed by atoms with Crippen molar-refractivity contribution >= 4 is 11.8 Å². The number of nitrogens with one attached hydrogen (secondary N) is 3. The summed E-state index contributed by atoms with van der Waals surface area (Å²) in [6.45, 7) is 6.99. The zero-order valence-electron chi connectivity index (χ0n) is 10.4. The van der Waals surface area contributed by atoms with Crippen LogP contribution >= 0.6 is 0 Å². The summed E-state index contributed by atoms with van der Waals surface area (Å²) >= 11 is 0. The SMILES string of the molecule is CC1(C)C(=O)NCCN1C(=O)C1CNCCN1. The second-order valence-electron chi connectivity index (χ2n) is 5.02. The molecule has 6 heteroatoms. The van der Waals surface area contributed by atoms with Crippen molar-refractivity contribution in [1.82, 2.24) is 20.9 Å². The fraction of sp³-hybridized carbons (Fsp3) is 0.818. The topological polar surface area (TPSA) is 73.5 Å². The Morgan fingerprint density at radius 2 is 2.12 bits per heavy atom. The molecular weight excluding hydrogens is 220 g/mol. The van der Waals surface area contributed by atoms with Crippen LogP contribution in [0.15, 0.2) is 0 Å². The van der Waals surface area contributed by atoms with Gasteiger partial charge in [0.2, 0.25) is 11.8 Å². The van der Waals surface area contributed by atoms with Gasteiger partial charge in [-0.3, -0.25) is 9.59 Å². The fourth-order valence-corrected chi connectivity index (χ4v) is 2.30. The van der Waals surface area contributed by atoms with Crippen molar-refractivity contribution in [3.8, 4) is 0 Å². The Labute approximate surface area is 101 Å². The predicted octanol–water partition coefficient (Wildman–Crippen LogP) is -1.72. The van der Waals surface area contributed by atoms with Crippen LogP contribution in [0.3, 0.4) is 0 Å². The van der Waals surface area contributed by atoms with Gasteiger partial charge < -0.3 is 20.9 Å². The molecule has 3 N–H and O–H groups in total. The van der Waals surface area contributed by atoms with Gasteiger partial charge in [0.1, 0.15) is 5.54 Å². The van der Waals surface area contributed by atoms with Gasteiger partial charge in [-0.05, 0) is 13.8 Å². The number of hydrogen-bond donors (Lipinski definition) is 3. The molecule has 2 fully saturated rings. The summed E-state index contributed by atoms with van der Waals surface area (Å²) < 4.78 is 0. The summed E-state index contributed by atoms with van der Waals surface area (Å²) in [5, 5.41) is 9.16. The quantitative estimate of drug-likeness (QED) is 0.510. The van der Waals surface area contributed by atoms with Gasteiger partial charge in [0.15, 0.2) is 0 Å². The molecule has 0 aromatic heterocycles. The van der Waals surface area contributed by atoms with Crippen LogP contribution in [-0.4, -0.2) is 61.0 Å². The van der Waals surface area contributed by atoms with Gasteiger partial charge in [0.25, 0.3) is 0 Å². The minimum Gasteiger partial charge on any atom is -0.352 e. The highest BCUT2D eigenvalue weighted by Crippen LogP contribution is 2.18. The van der Waals surface area contributed by atoms with Gasteiger partial charge in [0, 0.05) is 32.7 Å². The first-order chi connectivity index (χ1) is 8.03. The van der Waals surface area contributed by atoms with Crippen LogP contribution in [-0.2, 0) is 9.59 Å². The molecule has 2 aliphatic rings. The Balaban J connectivity index is 2.09. The molecule has 0 bridgehead atoms. The van der Waals surface area contributed by atoms with E-state index in [9.17, 15) is 9.59 Å². The molecule has 2 amide bonds. The molecule has 1 unspecified atom stereocenters. The fourth-order valence-electron chi connectivity index (χ4n) is 2.30. The summed E-state index contributed by atoms with van der Waals surface area (Å²) in [5.74, 6) is -0.0714. The van der Waals surface area contributed by atoms with Crippen LogP contribution in [0.25, 0.3) is 0 Å². The lowest BCUT2D eigenvalue weighted by Crippen LogP contribution is -2.67. The Morgan fingerprint density at radius 1 is 1.35 bits per heavy atom. The summed E-state index contributed by atoms with van der Waals surface area (Å²) in [6, 6.07) is -0.214. The summed E-state index contributed by atoms with van der Waals surface area (Å²) in [5.41, 5.74) is -0.755. The molecule has 2 rings (SSSR count). The number of piperazine rings is 2. The van der Waals surface area contributed by atoms with E-state index in [-0.39, 0.29) is 17.9 Å². The molecule has 0 aromatic carbocycles. The minimum absolute atomic E-state index is 0.0112. The lowest BCUT2D eigenvalue weighted by molar-refractivity contribution is -0.150. The van der Waals surface area contributed by atoms with E-state index in [0.717, 1.165) is 13.1 Å². The number of carbonyl (C=O) groups excluding carboxylic acids is 2. The molecule has 2 saturated heterocycles. The monoisotopic (exact) mass is 240 g/mol. The lowest BCUT2D eigenvalue weighted by Gasteiger charge is -2.43. The van der Waals surface area contributed by atoms with Crippen molar-refractivity contribution < 1.29 is 9.59 Å². The maximum absolute atomic E-state index is 12.4. The van der Waals surface area contributed by atoms with Crippen LogP contribution in [0, 0.1) is 0 Å². The molecule has 0 radical (unpaired) electrons. The first-order valence-electron chi connectivity index (χ1n) is 6.07. The smallest absolute Gasteiger partial charge is 0.245 e. The number of rotatable bonds is 1. The Hall–Kier alpha value is -1.14. The minimum atomic E-state index is -0.755. The highest BCUT2D eigenvalue weighted by Gasteiger charge is 2.42. The molecule has 1 atom stereocenters. The summed E-state index contributed by atoms with van der Waals surface area (Å²) in [4.78, 5) is 25.8. The molecule has 2 heterocycles. The lowest BCUT2D eigenvalue weighted by atomic mass is 9.97. The van der Waals surface area contributed by atoms with E-state index in [1.54, 1.807) is 18.7 Å². The third-order valence-electron chi connectivity index (χ3n) is 3.46. The van der Waals surface area contributed by atoms with E-state index < -0.39 is 5.54 Å². The van der Waals surface area contributed by atoms with E-state index in [1.807, 2.05) is 0 Å². The van der Waals surface area contributed by atoms with Crippen molar-refractivity contribution in [2.24, 2.45) is 0 Å². The summed E-state index contributed by atoms with van der Waals surface area (Å²) in [6.07, 6.45) is 0. The number of hydrogen-bond acceptors (Lipinski definition) is 4. The van der Waals surface area contributed by atoms with Crippen LogP contribution in [0.1, 0.15) is 13.8 Å². The molecule has 96 valence electrons. The molecule has 0 aromatic rings. The molecule has 17 heavy (non-hydrogen) atoms. The zero-order valence-corrected chi connectivity index (χ0v) is 10.4. The van der Waals surface area contributed by atoms with E-state index >= 15 is 0 Å². The second-order valence-corrected chi connectivity index (χ2v) is 5.02. The van der Waals surface area contributed by atoms with Crippen molar-refractivity contribution in [2.75, 3.05) is 32.7 Å². The molecule has 6 nitrogen and oxygen atoms in total. The van der Waals surface area contributed by atoms with Gasteiger partial charge in [0.05, 0.1) is 6.04 Å². The van der Waals surface area contributed by atoms with Gasteiger partial charge in [-0.25, -0.2) is 0 Å². The van der Waals surface area contributed by atoms with Crippen molar-refractivity contribution in [2.45, 2.75) is 25.4 Å². The largest absolute Gasteiger partial charge is 0.352 e. The van der Waals surface area contributed by atoms with Gasteiger partial charge in [-0.15, -0.1) is 0 Å². The Morgan fingerprint density at radius 3 is 2.76 bits per heavy atom. The predicted molar refractivity (Wildman–Crippen MR) is 63.5 cm³/mol. The van der Waals surface area contributed by atoms with Crippen LogP contribution in [0.5, 0.6) is 0 Å². The number of nitrogens with zero attached hydrogens (tertiary/aromatic N) is 1. The molecule has 2 aliphatic heterocycles. The second kappa shape index (κ2) is 4.62. The maximum atomic E-state index is 12.4. The van der Waals surface area contributed by atoms with Crippen molar-refractivity contribution in [3.63, 3.8) is 0 Å². The maximum Gasteiger partial charge on any atom is 0.245 e. The molecule has 0 spiro atoms. The van der Waals surface area contributed by atoms with Crippen molar-refractivity contribution in [3.05, 3.63) is 0 Å². The molecular formula is C11H20N4O2. The summed E-state index contributed by atoms with van der Waals surface area (Å²) in [7, 11) is 0. The van der Waals surface area contributed by atoms with Crippen LogP contribution in [0.4, 0.5) is 0 Å². The third kappa shape index (κ3) is 2.28. The molecule has 0 aliphatic carbocycles. The Bertz CT molecular complexity index is 323. The highest BCUT2D eigenvalue weighted by atomic mass is 16.2. The average Bonchev–Trinajstić information content (AvgIpc) is 2.33. The van der Waals surface area contributed by atoms with E-state index in [0.29, 0.717) is 19.6 Å².